The fourth-order valence-electron chi connectivity index (χ4n) is 2.75. The van der Waals surface area contributed by atoms with Crippen LogP contribution in [-0.4, -0.2) is 51.9 Å². The van der Waals surface area contributed by atoms with Crippen LogP contribution in [0.15, 0.2) is 24.0 Å². The largest absolute Gasteiger partial charge is 0.337 e. The van der Waals surface area contributed by atoms with Crippen LogP contribution in [0.3, 0.4) is 0 Å². The fourth-order valence-corrected chi connectivity index (χ4v) is 3.50. The van der Waals surface area contributed by atoms with E-state index < -0.39 is 0 Å². The molecule has 6 nitrogen and oxygen atoms in total. The van der Waals surface area contributed by atoms with Crippen molar-refractivity contribution >= 4 is 42.1 Å². The van der Waals surface area contributed by atoms with Crippen LogP contribution in [0.2, 0.25) is 0 Å². The molecule has 0 spiro atoms. The van der Waals surface area contributed by atoms with Crippen molar-refractivity contribution in [2.75, 3.05) is 26.2 Å². The number of likely N-dealkylation sites (tertiary alicyclic amines) is 1. The number of amides is 1. The van der Waals surface area contributed by atoms with Crippen molar-refractivity contribution in [3.63, 3.8) is 0 Å². The van der Waals surface area contributed by atoms with Gasteiger partial charge in [-0.25, -0.2) is 4.98 Å². The van der Waals surface area contributed by atoms with E-state index in [1.165, 1.54) is 11.3 Å². The van der Waals surface area contributed by atoms with Crippen LogP contribution in [0, 0.1) is 5.92 Å². The van der Waals surface area contributed by atoms with Gasteiger partial charge in [-0.3, -0.25) is 14.8 Å². The van der Waals surface area contributed by atoms with E-state index in [4.69, 9.17) is 0 Å². The standard InChI is InChI=1S/C16H21N5OS.2ClH/c1-2-17-9-12-3-7-21(8-4-12)16(22)14-11-23-15(20-14)13-10-18-5-6-19-13;;/h5-6,10-12,17H,2-4,7-9H2,1H3;2*1H. The van der Waals surface area contributed by atoms with Gasteiger partial charge in [0.2, 0.25) is 0 Å². The van der Waals surface area contributed by atoms with Gasteiger partial charge >= 0.3 is 0 Å². The predicted octanol–water partition coefficient (Wildman–Crippen LogP) is 2.91. The molecule has 9 heteroatoms. The molecule has 0 bridgehead atoms. The second-order valence-electron chi connectivity index (χ2n) is 5.67. The number of piperidine rings is 1. The number of nitrogens with zero attached hydrogens (tertiary/aromatic N) is 4. The number of rotatable bonds is 5. The molecule has 2 aromatic heterocycles. The lowest BCUT2D eigenvalue weighted by molar-refractivity contribution is 0.0685. The summed E-state index contributed by atoms with van der Waals surface area (Å²) in [6.07, 6.45) is 7.03. The zero-order chi connectivity index (χ0) is 16.1. The van der Waals surface area contributed by atoms with Crippen LogP contribution in [0.1, 0.15) is 30.3 Å². The van der Waals surface area contributed by atoms with Gasteiger partial charge in [-0.1, -0.05) is 6.92 Å². The lowest BCUT2D eigenvalue weighted by Crippen LogP contribution is -2.40. The maximum Gasteiger partial charge on any atom is 0.273 e. The highest BCUT2D eigenvalue weighted by Crippen LogP contribution is 2.23. The van der Waals surface area contributed by atoms with Crippen molar-refractivity contribution in [2.45, 2.75) is 19.8 Å². The van der Waals surface area contributed by atoms with Crippen molar-refractivity contribution in [1.82, 2.24) is 25.2 Å². The predicted molar refractivity (Wildman–Crippen MR) is 105 cm³/mol. The lowest BCUT2D eigenvalue weighted by Gasteiger charge is -2.31. The van der Waals surface area contributed by atoms with E-state index in [2.05, 4.69) is 27.2 Å². The number of hydrogen-bond acceptors (Lipinski definition) is 6. The molecule has 1 aliphatic heterocycles. The lowest BCUT2D eigenvalue weighted by atomic mass is 9.96. The Morgan fingerprint density at radius 2 is 2.08 bits per heavy atom. The molecule has 3 rings (SSSR count). The normalized spacial score (nSPS) is 14.5. The van der Waals surface area contributed by atoms with Crippen molar-refractivity contribution < 1.29 is 4.79 Å². The first kappa shape index (κ1) is 21.8. The third-order valence-electron chi connectivity index (χ3n) is 4.09. The van der Waals surface area contributed by atoms with Gasteiger partial charge in [0, 0.05) is 30.9 Å². The maximum atomic E-state index is 12.6. The van der Waals surface area contributed by atoms with Crippen LogP contribution >= 0.6 is 36.2 Å². The van der Waals surface area contributed by atoms with E-state index in [1.807, 2.05) is 10.3 Å². The molecule has 1 amide bonds. The van der Waals surface area contributed by atoms with Gasteiger partial charge in [-0.2, -0.15) is 0 Å². The van der Waals surface area contributed by atoms with Gasteiger partial charge in [0.15, 0.2) is 0 Å². The topological polar surface area (TPSA) is 71.0 Å². The maximum absolute atomic E-state index is 12.6. The quantitative estimate of drug-likeness (QED) is 0.830. The van der Waals surface area contributed by atoms with Gasteiger partial charge in [0.05, 0.1) is 6.20 Å². The second kappa shape index (κ2) is 10.7. The van der Waals surface area contributed by atoms with E-state index in [0.717, 1.165) is 44.0 Å². The van der Waals surface area contributed by atoms with Crippen LogP contribution in [0.25, 0.3) is 10.7 Å². The summed E-state index contributed by atoms with van der Waals surface area (Å²) in [5.74, 6) is 0.697. The Hall–Kier alpha value is -1.28. The van der Waals surface area contributed by atoms with E-state index in [-0.39, 0.29) is 30.7 Å². The number of carbonyl (C=O) groups excluding carboxylic acids is 1. The van der Waals surface area contributed by atoms with Gasteiger partial charge in [0.25, 0.3) is 5.91 Å². The minimum atomic E-state index is 0. The Balaban J connectivity index is 0.00000156. The molecule has 25 heavy (non-hydrogen) atoms. The molecule has 1 fully saturated rings. The smallest absolute Gasteiger partial charge is 0.273 e. The molecule has 0 aromatic carbocycles. The minimum Gasteiger partial charge on any atom is -0.337 e. The van der Waals surface area contributed by atoms with Crippen LogP contribution in [0.5, 0.6) is 0 Å². The van der Waals surface area contributed by atoms with Gasteiger partial charge in [-0.15, -0.1) is 36.2 Å². The first-order valence-corrected chi connectivity index (χ1v) is 8.87. The summed E-state index contributed by atoms with van der Waals surface area (Å²) in [6.45, 7) is 5.80. The van der Waals surface area contributed by atoms with Crippen LogP contribution < -0.4 is 5.32 Å². The Morgan fingerprint density at radius 1 is 1.32 bits per heavy atom. The Bertz CT molecular complexity index is 647. The molecule has 0 saturated carbocycles. The first-order valence-electron chi connectivity index (χ1n) is 8.00. The summed E-state index contributed by atoms with van der Waals surface area (Å²) in [4.78, 5) is 27.2. The highest BCUT2D eigenvalue weighted by Gasteiger charge is 2.25. The zero-order valence-electron chi connectivity index (χ0n) is 14.1. The van der Waals surface area contributed by atoms with Crippen molar-refractivity contribution in [2.24, 2.45) is 5.92 Å². The molecule has 1 aliphatic rings. The second-order valence-corrected chi connectivity index (χ2v) is 6.53. The van der Waals surface area contributed by atoms with Gasteiger partial charge in [0.1, 0.15) is 16.4 Å². The zero-order valence-corrected chi connectivity index (χ0v) is 16.5. The number of hydrogen-bond donors (Lipinski definition) is 1. The number of halogens is 2. The molecular weight excluding hydrogens is 381 g/mol. The summed E-state index contributed by atoms with van der Waals surface area (Å²) in [5.41, 5.74) is 1.22. The van der Waals surface area contributed by atoms with E-state index in [0.29, 0.717) is 17.3 Å². The third-order valence-corrected chi connectivity index (χ3v) is 4.96. The number of aromatic nitrogens is 3. The number of nitrogens with one attached hydrogen (secondary N) is 1. The van der Waals surface area contributed by atoms with Crippen LogP contribution in [0.4, 0.5) is 0 Å². The van der Waals surface area contributed by atoms with Crippen molar-refractivity contribution in [1.29, 1.82) is 0 Å². The van der Waals surface area contributed by atoms with E-state index in [9.17, 15) is 4.79 Å². The first-order chi connectivity index (χ1) is 11.3. The minimum absolute atomic E-state index is 0. The van der Waals surface area contributed by atoms with Crippen molar-refractivity contribution in [3.05, 3.63) is 29.7 Å². The monoisotopic (exact) mass is 403 g/mol. The summed E-state index contributed by atoms with van der Waals surface area (Å²) >= 11 is 1.44. The Morgan fingerprint density at radius 3 is 2.72 bits per heavy atom. The summed E-state index contributed by atoms with van der Waals surface area (Å²) in [7, 11) is 0. The molecule has 3 heterocycles. The summed E-state index contributed by atoms with van der Waals surface area (Å²) in [6, 6.07) is 0. The molecule has 1 saturated heterocycles. The highest BCUT2D eigenvalue weighted by atomic mass is 35.5. The molecule has 1 N–H and O–H groups in total. The van der Waals surface area contributed by atoms with Gasteiger partial charge < -0.3 is 10.2 Å². The number of thiazole rings is 1. The average Bonchev–Trinajstić information content (AvgIpc) is 3.11. The van der Waals surface area contributed by atoms with Crippen molar-refractivity contribution in [3.8, 4) is 10.7 Å². The van der Waals surface area contributed by atoms with E-state index >= 15 is 0 Å². The van der Waals surface area contributed by atoms with Crippen LogP contribution in [-0.2, 0) is 0 Å². The fraction of sp³-hybridized carbons (Fsp3) is 0.500. The Kier molecular flexibility index (Phi) is 9.27. The Labute approximate surface area is 164 Å². The molecule has 2 aromatic rings. The summed E-state index contributed by atoms with van der Waals surface area (Å²) in [5, 5.41) is 5.94. The molecule has 138 valence electrons. The molecule has 0 radical (unpaired) electrons. The van der Waals surface area contributed by atoms with E-state index in [1.54, 1.807) is 18.6 Å². The SMILES string of the molecule is CCNCC1CCN(C(=O)c2csc(-c3cnccn3)n2)CC1.Cl.Cl. The number of carbonyl (C=O) groups is 1. The summed E-state index contributed by atoms with van der Waals surface area (Å²) < 4.78 is 0. The highest BCUT2D eigenvalue weighted by molar-refractivity contribution is 7.13. The molecule has 0 aliphatic carbocycles. The molecule has 0 unspecified atom stereocenters. The average molecular weight is 404 g/mol. The third kappa shape index (κ3) is 5.60. The van der Waals surface area contributed by atoms with Gasteiger partial charge in [-0.05, 0) is 31.8 Å². The molecular formula is C16H23Cl2N5OS. The molecule has 0 atom stereocenters.